The molecule has 0 atom stereocenters. The summed E-state index contributed by atoms with van der Waals surface area (Å²) in [6.45, 7) is 4.20. The molecule has 0 unspecified atom stereocenters. The molecule has 0 fully saturated rings. The Morgan fingerprint density at radius 2 is 1.88 bits per heavy atom. The fourth-order valence-corrected chi connectivity index (χ4v) is 2.75. The van der Waals surface area contributed by atoms with Crippen LogP contribution in [0.1, 0.15) is 26.7 Å². The Balaban J connectivity index is 2.72. The van der Waals surface area contributed by atoms with Crippen molar-refractivity contribution in [3.8, 4) is 0 Å². The SMILES string of the molecule is CC(C)CCC(=O)Nc1c(Br)cc(N)cc1Br. The summed E-state index contributed by atoms with van der Waals surface area (Å²) in [5.41, 5.74) is 7.06. The van der Waals surface area contributed by atoms with Crippen LogP contribution in [-0.4, -0.2) is 5.91 Å². The van der Waals surface area contributed by atoms with Crippen molar-refractivity contribution in [1.29, 1.82) is 0 Å². The third-order valence-corrected chi connectivity index (χ3v) is 3.53. The van der Waals surface area contributed by atoms with E-state index in [1.54, 1.807) is 12.1 Å². The summed E-state index contributed by atoms with van der Waals surface area (Å²) in [5, 5.41) is 2.87. The molecule has 0 aromatic heterocycles. The van der Waals surface area contributed by atoms with Gasteiger partial charge in [-0.05, 0) is 56.3 Å². The molecule has 0 heterocycles. The van der Waals surface area contributed by atoms with Crippen LogP contribution >= 0.6 is 31.9 Å². The lowest BCUT2D eigenvalue weighted by Crippen LogP contribution is -2.13. The quantitative estimate of drug-likeness (QED) is 0.788. The summed E-state index contributed by atoms with van der Waals surface area (Å²) in [5.74, 6) is 0.545. The number of anilines is 2. The molecule has 0 spiro atoms. The fraction of sp³-hybridized carbons (Fsp3) is 0.417. The zero-order valence-electron chi connectivity index (χ0n) is 9.89. The molecule has 0 saturated carbocycles. The molecule has 1 rings (SSSR count). The van der Waals surface area contributed by atoms with Gasteiger partial charge in [0, 0.05) is 21.1 Å². The number of carbonyl (C=O) groups is 1. The molecule has 3 N–H and O–H groups in total. The number of rotatable bonds is 4. The van der Waals surface area contributed by atoms with E-state index in [9.17, 15) is 4.79 Å². The van der Waals surface area contributed by atoms with Crippen LogP contribution in [0.25, 0.3) is 0 Å². The Morgan fingerprint density at radius 3 is 2.35 bits per heavy atom. The van der Waals surface area contributed by atoms with Gasteiger partial charge in [0.25, 0.3) is 0 Å². The monoisotopic (exact) mass is 362 g/mol. The van der Waals surface area contributed by atoms with Crippen LogP contribution in [-0.2, 0) is 4.79 Å². The molecule has 17 heavy (non-hydrogen) atoms. The third-order valence-electron chi connectivity index (χ3n) is 2.28. The topological polar surface area (TPSA) is 55.1 Å². The minimum absolute atomic E-state index is 0.0184. The van der Waals surface area contributed by atoms with Gasteiger partial charge in [-0.25, -0.2) is 0 Å². The number of halogens is 2. The van der Waals surface area contributed by atoms with Crippen molar-refractivity contribution in [2.24, 2.45) is 5.92 Å². The minimum atomic E-state index is 0.0184. The highest BCUT2D eigenvalue weighted by atomic mass is 79.9. The molecular weight excluding hydrogens is 348 g/mol. The number of benzene rings is 1. The van der Waals surface area contributed by atoms with Gasteiger partial charge in [-0.2, -0.15) is 0 Å². The van der Waals surface area contributed by atoms with Crippen LogP contribution in [0, 0.1) is 5.92 Å². The lowest BCUT2D eigenvalue weighted by atomic mass is 10.1. The van der Waals surface area contributed by atoms with Gasteiger partial charge in [-0.1, -0.05) is 13.8 Å². The van der Waals surface area contributed by atoms with Crippen LogP contribution in [0.15, 0.2) is 21.1 Å². The van der Waals surface area contributed by atoms with E-state index in [-0.39, 0.29) is 5.91 Å². The van der Waals surface area contributed by atoms with E-state index in [1.807, 2.05) is 0 Å². The molecule has 0 radical (unpaired) electrons. The molecular formula is C12H16Br2N2O. The molecule has 1 aromatic rings. The number of carbonyl (C=O) groups excluding carboxylic acids is 1. The van der Waals surface area contributed by atoms with Crippen molar-refractivity contribution in [3.05, 3.63) is 21.1 Å². The maximum Gasteiger partial charge on any atom is 0.224 e. The first-order chi connectivity index (χ1) is 7.90. The van der Waals surface area contributed by atoms with Crippen molar-refractivity contribution in [2.75, 3.05) is 11.1 Å². The van der Waals surface area contributed by atoms with E-state index >= 15 is 0 Å². The van der Waals surface area contributed by atoms with Crippen molar-refractivity contribution < 1.29 is 4.79 Å². The number of amides is 1. The summed E-state index contributed by atoms with van der Waals surface area (Å²) < 4.78 is 1.56. The number of nitrogen functional groups attached to an aromatic ring is 1. The summed E-state index contributed by atoms with van der Waals surface area (Å²) in [6.07, 6.45) is 1.41. The van der Waals surface area contributed by atoms with E-state index in [0.29, 0.717) is 18.0 Å². The Labute approximate surface area is 118 Å². The highest BCUT2D eigenvalue weighted by Crippen LogP contribution is 2.33. The second-order valence-corrected chi connectivity index (χ2v) is 6.05. The van der Waals surface area contributed by atoms with E-state index < -0.39 is 0 Å². The van der Waals surface area contributed by atoms with E-state index in [2.05, 4.69) is 51.0 Å². The van der Waals surface area contributed by atoms with Gasteiger partial charge >= 0.3 is 0 Å². The first-order valence-corrected chi connectivity index (χ1v) is 7.03. The Kier molecular flexibility index (Phi) is 5.46. The molecule has 3 nitrogen and oxygen atoms in total. The molecule has 5 heteroatoms. The van der Waals surface area contributed by atoms with Gasteiger partial charge in [-0.15, -0.1) is 0 Å². The van der Waals surface area contributed by atoms with Crippen LogP contribution in [0.3, 0.4) is 0 Å². The fourth-order valence-electron chi connectivity index (χ4n) is 1.33. The van der Waals surface area contributed by atoms with E-state index in [4.69, 9.17) is 5.73 Å². The van der Waals surface area contributed by atoms with Crippen molar-refractivity contribution in [1.82, 2.24) is 0 Å². The first kappa shape index (κ1) is 14.5. The molecule has 1 aromatic carbocycles. The number of nitrogens with two attached hydrogens (primary N) is 1. The van der Waals surface area contributed by atoms with Crippen molar-refractivity contribution >= 4 is 49.1 Å². The standard InChI is InChI=1S/C12H16Br2N2O/c1-7(2)3-4-11(17)16-12-9(13)5-8(15)6-10(12)14/h5-7H,3-4,15H2,1-2H3,(H,16,17). The third kappa shape index (κ3) is 4.68. The molecule has 94 valence electrons. The Bertz CT molecular complexity index is 396. The first-order valence-electron chi connectivity index (χ1n) is 5.44. The highest BCUT2D eigenvalue weighted by Gasteiger charge is 2.10. The number of hydrogen-bond donors (Lipinski definition) is 2. The molecule has 0 aliphatic rings. The van der Waals surface area contributed by atoms with Crippen LogP contribution < -0.4 is 11.1 Å². The predicted molar refractivity (Wildman–Crippen MR) is 79.0 cm³/mol. The molecule has 0 bridgehead atoms. The molecule has 0 saturated heterocycles. The summed E-state index contributed by atoms with van der Waals surface area (Å²) in [6, 6.07) is 3.53. The normalized spacial score (nSPS) is 10.6. The average molecular weight is 364 g/mol. The van der Waals surface area contributed by atoms with Crippen LogP contribution in [0.5, 0.6) is 0 Å². The van der Waals surface area contributed by atoms with Gasteiger partial charge in [0.1, 0.15) is 0 Å². The summed E-state index contributed by atoms with van der Waals surface area (Å²) >= 11 is 6.76. The van der Waals surface area contributed by atoms with Crippen LogP contribution in [0.2, 0.25) is 0 Å². The second-order valence-electron chi connectivity index (χ2n) is 4.34. The molecule has 1 amide bonds. The van der Waals surface area contributed by atoms with Gasteiger partial charge in [0.2, 0.25) is 5.91 Å². The average Bonchev–Trinajstić information content (AvgIpc) is 2.20. The summed E-state index contributed by atoms with van der Waals surface area (Å²) in [4.78, 5) is 11.7. The lowest BCUT2D eigenvalue weighted by molar-refractivity contribution is -0.116. The maximum absolute atomic E-state index is 11.7. The van der Waals surface area contributed by atoms with E-state index in [0.717, 1.165) is 21.1 Å². The summed E-state index contributed by atoms with van der Waals surface area (Å²) in [7, 11) is 0. The Hall–Kier alpha value is -0.550. The molecule has 0 aliphatic carbocycles. The van der Waals surface area contributed by atoms with Gasteiger partial charge in [-0.3, -0.25) is 4.79 Å². The maximum atomic E-state index is 11.7. The second kappa shape index (κ2) is 6.40. The van der Waals surface area contributed by atoms with E-state index in [1.165, 1.54) is 0 Å². The lowest BCUT2D eigenvalue weighted by Gasteiger charge is -2.11. The van der Waals surface area contributed by atoms with Gasteiger partial charge < -0.3 is 11.1 Å². The number of nitrogens with one attached hydrogen (secondary N) is 1. The van der Waals surface area contributed by atoms with Gasteiger partial charge in [0.05, 0.1) is 5.69 Å². The van der Waals surface area contributed by atoms with Crippen LogP contribution in [0.4, 0.5) is 11.4 Å². The number of hydrogen-bond acceptors (Lipinski definition) is 2. The van der Waals surface area contributed by atoms with Gasteiger partial charge in [0.15, 0.2) is 0 Å². The molecule has 0 aliphatic heterocycles. The van der Waals surface area contributed by atoms with Crippen molar-refractivity contribution in [2.45, 2.75) is 26.7 Å². The highest BCUT2D eigenvalue weighted by molar-refractivity contribution is 9.11. The van der Waals surface area contributed by atoms with Crippen molar-refractivity contribution in [3.63, 3.8) is 0 Å². The zero-order chi connectivity index (χ0) is 13.0. The smallest absolute Gasteiger partial charge is 0.224 e. The largest absolute Gasteiger partial charge is 0.399 e. The Morgan fingerprint density at radius 1 is 1.35 bits per heavy atom. The minimum Gasteiger partial charge on any atom is -0.399 e. The predicted octanol–water partition coefficient (Wildman–Crippen LogP) is 4.17. The zero-order valence-corrected chi connectivity index (χ0v) is 13.1.